The zero-order chi connectivity index (χ0) is 18.8. The second-order valence-corrected chi connectivity index (χ2v) is 8.24. The van der Waals surface area contributed by atoms with Crippen molar-refractivity contribution in [3.63, 3.8) is 0 Å². The Bertz CT molecular complexity index is 542. The van der Waals surface area contributed by atoms with Gasteiger partial charge in [-0.15, -0.1) is 35.3 Å². The first-order valence-corrected chi connectivity index (χ1v) is 10.8. The number of likely N-dealkylation sites (N-methyl/N-ethyl adjacent to an activating group) is 1. The summed E-state index contributed by atoms with van der Waals surface area (Å²) in [5, 5.41) is 8.07. The molecule has 1 fully saturated rings. The highest BCUT2D eigenvalue weighted by Crippen LogP contribution is 2.13. The zero-order valence-corrected chi connectivity index (χ0v) is 20.5. The van der Waals surface area contributed by atoms with E-state index in [1.54, 1.807) is 0 Å². The molecule has 1 aliphatic heterocycles. The average molecular weight is 509 g/mol. The molecular weight excluding hydrogens is 471 g/mol. The van der Waals surface area contributed by atoms with Crippen LogP contribution in [-0.4, -0.2) is 80.1 Å². The monoisotopic (exact) mass is 508 g/mol. The van der Waals surface area contributed by atoms with E-state index in [0.717, 1.165) is 38.4 Å². The molecule has 0 spiro atoms. The van der Waals surface area contributed by atoms with E-state index in [-0.39, 0.29) is 24.0 Å². The molecule has 1 aliphatic rings. The molecule has 1 unspecified atom stereocenters. The van der Waals surface area contributed by atoms with E-state index in [1.807, 2.05) is 24.6 Å². The van der Waals surface area contributed by atoms with Gasteiger partial charge >= 0.3 is 0 Å². The number of hydrogen-bond acceptors (Lipinski definition) is 5. The molecule has 1 saturated heterocycles. The molecule has 0 aromatic carbocycles. The van der Waals surface area contributed by atoms with Crippen LogP contribution in [0.5, 0.6) is 0 Å². The first-order valence-electron chi connectivity index (χ1n) is 9.97. The van der Waals surface area contributed by atoms with Gasteiger partial charge in [0.25, 0.3) is 0 Å². The number of nitrogens with zero attached hydrogens (tertiary/aromatic N) is 4. The third-order valence-corrected chi connectivity index (χ3v) is 6.11. The van der Waals surface area contributed by atoms with Crippen molar-refractivity contribution in [2.75, 3.05) is 59.4 Å². The summed E-state index contributed by atoms with van der Waals surface area (Å²) < 4.78 is 0. The number of thiazole rings is 1. The summed E-state index contributed by atoms with van der Waals surface area (Å²) >= 11 is 1.81. The number of aryl methyl sites for hydroxylation is 1. The second-order valence-electron chi connectivity index (χ2n) is 7.04. The number of nitrogens with one attached hydrogen (secondary N) is 2. The van der Waals surface area contributed by atoms with Crippen molar-refractivity contribution in [1.82, 2.24) is 25.4 Å². The lowest BCUT2D eigenvalue weighted by atomic mass is 10.1. The number of piperazine rings is 1. The Hall–Kier alpha value is -0.450. The third-order valence-electron chi connectivity index (χ3n) is 4.90. The van der Waals surface area contributed by atoms with Crippen molar-refractivity contribution in [3.8, 4) is 0 Å². The van der Waals surface area contributed by atoms with Crippen LogP contribution in [0.2, 0.25) is 0 Å². The van der Waals surface area contributed by atoms with Gasteiger partial charge in [-0.2, -0.15) is 0 Å². The predicted molar refractivity (Wildman–Crippen MR) is 128 cm³/mol. The second kappa shape index (κ2) is 13.7. The van der Waals surface area contributed by atoms with Gasteiger partial charge in [0, 0.05) is 70.4 Å². The summed E-state index contributed by atoms with van der Waals surface area (Å²) in [7, 11) is 1.84. The fourth-order valence-corrected chi connectivity index (χ4v) is 4.06. The predicted octanol–water partition coefficient (Wildman–Crippen LogP) is 2.30. The lowest BCUT2D eigenvalue weighted by Crippen LogP contribution is -2.48. The smallest absolute Gasteiger partial charge is 0.190 e. The molecule has 8 heteroatoms. The topological polar surface area (TPSA) is 55.8 Å². The SMILES string of the molecule is CCc1cnc(CCNC(=NC)NCC(C)CN2CCN(CC)CC2)s1.I. The maximum Gasteiger partial charge on any atom is 0.190 e. The van der Waals surface area contributed by atoms with Gasteiger partial charge in [0.15, 0.2) is 5.96 Å². The van der Waals surface area contributed by atoms with E-state index in [0.29, 0.717) is 5.92 Å². The minimum absolute atomic E-state index is 0. The molecule has 1 aromatic heterocycles. The molecule has 6 nitrogen and oxygen atoms in total. The summed E-state index contributed by atoms with van der Waals surface area (Å²) in [6.07, 6.45) is 4.01. The largest absolute Gasteiger partial charge is 0.356 e. The van der Waals surface area contributed by atoms with Crippen LogP contribution in [0.1, 0.15) is 30.7 Å². The van der Waals surface area contributed by atoms with Crippen LogP contribution < -0.4 is 10.6 Å². The van der Waals surface area contributed by atoms with Crippen LogP contribution in [0.15, 0.2) is 11.2 Å². The van der Waals surface area contributed by atoms with Gasteiger partial charge in [0.2, 0.25) is 0 Å². The van der Waals surface area contributed by atoms with Gasteiger partial charge in [-0.1, -0.05) is 20.8 Å². The van der Waals surface area contributed by atoms with Crippen molar-refractivity contribution >= 4 is 41.3 Å². The van der Waals surface area contributed by atoms with Gasteiger partial charge in [-0.25, -0.2) is 4.98 Å². The number of hydrogen-bond donors (Lipinski definition) is 2. The first-order chi connectivity index (χ1) is 12.6. The standard InChI is InChI=1S/C19H36N6S.HI/c1-5-17-14-22-18(26-17)7-8-21-19(20-4)23-13-16(3)15-25-11-9-24(6-2)10-12-25;/h14,16H,5-13,15H2,1-4H3,(H2,20,21,23);1H. The van der Waals surface area contributed by atoms with Crippen LogP contribution in [0.4, 0.5) is 0 Å². The molecule has 0 aliphatic carbocycles. The van der Waals surface area contributed by atoms with Crippen LogP contribution in [-0.2, 0) is 12.8 Å². The summed E-state index contributed by atoms with van der Waals surface area (Å²) in [6.45, 7) is 15.7. The number of halogens is 1. The maximum atomic E-state index is 4.47. The Morgan fingerprint density at radius 2 is 1.93 bits per heavy atom. The van der Waals surface area contributed by atoms with Crippen molar-refractivity contribution < 1.29 is 0 Å². The summed E-state index contributed by atoms with van der Waals surface area (Å²) in [6, 6.07) is 0. The van der Waals surface area contributed by atoms with Gasteiger partial charge in [0.05, 0.1) is 5.01 Å². The molecule has 156 valence electrons. The molecule has 2 N–H and O–H groups in total. The molecule has 2 rings (SSSR count). The highest BCUT2D eigenvalue weighted by molar-refractivity contribution is 14.0. The molecular formula is C19H37IN6S. The molecule has 1 atom stereocenters. The van der Waals surface area contributed by atoms with E-state index < -0.39 is 0 Å². The Morgan fingerprint density at radius 1 is 1.22 bits per heavy atom. The molecule has 0 saturated carbocycles. The third kappa shape index (κ3) is 9.06. The van der Waals surface area contributed by atoms with Gasteiger partial charge in [-0.3, -0.25) is 4.99 Å². The van der Waals surface area contributed by atoms with Crippen molar-refractivity contribution in [3.05, 3.63) is 16.1 Å². The van der Waals surface area contributed by atoms with E-state index in [1.165, 1.54) is 42.6 Å². The lowest BCUT2D eigenvalue weighted by Gasteiger charge is -2.35. The van der Waals surface area contributed by atoms with Crippen molar-refractivity contribution in [2.24, 2.45) is 10.9 Å². The molecule has 0 bridgehead atoms. The Morgan fingerprint density at radius 3 is 2.52 bits per heavy atom. The minimum Gasteiger partial charge on any atom is -0.356 e. The normalized spacial score (nSPS) is 17.4. The van der Waals surface area contributed by atoms with Gasteiger partial charge < -0.3 is 20.4 Å². The van der Waals surface area contributed by atoms with E-state index in [4.69, 9.17) is 0 Å². The van der Waals surface area contributed by atoms with E-state index in [9.17, 15) is 0 Å². The number of guanidine groups is 1. The average Bonchev–Trinajstić information content (AvgIpc) is 3.13. The zero-order valence-electron chi connectivity index (χ0n) is 17.3. The molecule has 27 heavy (non-hydrogen) atoms. The van der Waals surface area contributed by atoms with Gasteiger partial charge in [0.1, 0.15) is 0 Å². The highest BCUT2D eigenvalue weighted by atomic mass is 127. The Labute approximate surface area is 186 Å². The summed E-state index contributed by atoms with van der Waals surface area (Å²) in [5.74, 6) is 1.49. The lowest BCUT2D eigenvalue weighted by molar-refractivity contribution is 0.124. The molecule has 2 heterocycles. The van der Waals surface area contributed by atoms with Crippen LogP contribution in [0.3, 0.4) is 0 Å². The number of aliphatic imine (C=N–C) groups is 1. The fraction of sp³-hybridized carbons (Fsp3) is 0.789. The van der Waals surface area contributed by atoms with Crippen molar-refractivity contribution in [2.45, 2.75) is 33.6 Å². The Balaban J connectivity index is 0.00000364. The van der Waals surface area contributed by atoms with Crippen LogP contribution in [0, 0.1) is 5.92 Å². The van der Waals surface area contributed by atoms with Crippen molar-refractivity contribution in [1.29, 1.82) is 0 Å². The van der Waals surface area contributed by atoms with E-state index in [2.05, 4.69) is 51.2 Å². The maximum absolute atomic E-state index is 4.47. The van der Waals surface area contributed by atoms with E-state index >= 15 is 0 Å². The van der Waals surface area contributed by atoms with Crippen LogP contribution in [0.25, 0.3) is 0 Å². The Kier molecular flexibility index (Phi) is 12.5. The van der Waals surface area contributed by atoms with Gasteiger partial charge in [-0.05, 0) is 18.9 Å². The quantitative estimate of drug-likeness (QED) is 0.305. The molecule has 0 amide bonds. The van der Waals surface area contributed by atoms with Crippen LogP contribution >= 0.6 is 35.3 Å². The first kappa shape index (κ1) is 24.6. The minimum atomic E-state index is 0. The molecule has 1 aromatic rings. The fourth-order valence-electron chi connectivity index (χ4n) is 3.20. The number of rotatable bonds is 9. The highest BCUT2D eigenvalue weighted by Gasteiger charge is 2.17. The number of aromatic nitrogens is 1. The summed E-state index contributed by atoms with van der Waals surface area (Å²) in [4.78, 5) is 15.3. The summed E-state index contributed by atoms with van der Waals surface area (Å²) in [5.41, 5.74) is 0. The molecule has 0 radical (unpaired) electrons.